The van der Waals surface area contributed by atoms with Crippen LogP contribution in [-0.4, -0.2) is 56.4 Å². The number of nitrogens with one attached hydrogen (secondary N) is 2. The Morgan fingerprint density at radius 3 is 2.15 bits per heavy atom. The van der Waals surface area contributed by atoms with Crippen LogP contribution in [0.1, 0.15) is 35.6 Å². The molecule has 0 bridgehead atoms. The minimum absolute atomic E-state index is 0.0125. The molecule has 1 heterocycles. The minimum atomic E-state index is -3.83. The highest BCUT2D eigenvalue weighted by Gasteiger charge is 2.53. The lowest BCUT2D eigenvalue weighted by Gasteiger charge is -2.30. The normalized spacial score (nSPS) is 16.9. The van der Waals surface area contributed by atoms with Gasteiger partial charge in [-0.05, 0) is 71.1 Å². The monoisotopic (exact) mass is 721 g/mol. The summed E-state index contributed by atoms with van der Waals surface area (Å²) in [7, 11) is -3.83. The molecule has 0 radical (unpaired) electrons. The molecule has 52 heavy (non-hydrogen) atoms. The highest BCUT2D eigenvalue weighted by atomic mass is 32.2. The molecule has 1 aliphatic heterocycles. The lowest BCUT2D eigenvalue weighted by molar-refractivity contribution is -0.130. The number of rotatable bonds is 16. The molecule has 0 saturated carbocycles. The fourth-order valence-corrected chi connectivity index (χ4v) is 7.42. The number of aliphatic hydroxyl groups excluding tert-OH is 1. The minimum Gasteiger partial charge on any atom is -0.494 e. The van der Waals surface area contributed by atoms with Crippen LogP contribution in [0.25, 0.3) is 11.1 Å². The molecule has 0 spiro atoms. The first-order valence-corrected chi connectivity index (χ1v) is 18.7. The van der Waals surface area contributed by atoms with Crippen LogP contribution < -0.4 is 15.6 Å². The van der Waals surface area contributed by atoms with Gasteiger partial charge in [0.05, 0.1) is 17.3 Å². The topological polar surface area (TPSA) is 126 Å². The molecule has 3 N–H and O–H groups in total. The van der Waals surface area contributed by atoms with E-state index in [1.807, 2.05) is 54.6 Å². The molecule has 0 aliphatic carbocycles. The fourth-order valence-electron chi connectivity index (χ4n) is 6.04. The van der Waals surface area contributed by atoms with Crippen LogP contribution in [0.15, 0.2) is 143 Å². The van der Waals surface area contributed by atoms with Crippen LogP contribution >= 0.6 is 0 Å². The summed E-state index contributed by atoms with van der Waals surface area (Å²) in [6, 6.07) is 38.9. The van der Waals surface area contributed by atoms with Crippen molar-refractivity contribution >= 4 is 21.6 Å². The Morgan fingerprint density at radius 1 is 0.827 bits per heavy atom. The van der Waals surface area contributed by atoms with Gasteiger partial charge >= 0.3 is 0 Å². The Kier molecular flexibility index (Phi) is 11.8. The third kappa shape index (κ3) is 8.56. The summed E-state index contributed by atoms with van der Waals surface area (Å²) in [6.45, 7) is 0.562. The average molecular weight is 722 g/mol. The molecular formula is C41H40FN3O6S. The van der Waals surface area contributed by atoms with Crippen LogP contribution in [0.3, 0.4) is 0 Å². The van der Waals surface area contributed by atoms with Gasteiger partial charge in [0.25, 0.3) is 5.91 Å². The molecule has 9 nitrogen and oxygen atoms in total. The van der Waals surface area contributed by atoms with Gasteiger partial charge in [0, 0.05) is 31.6 Å². The van der Waals surface area contributed by atoms with Crippen molar-refractivity contribution in [3.63, 3.8) is 0 Å². The Labute approximate surface area is 303 Å². The molecule has 2 atom stereocenters. The number of halogens is 1. The first-order valence-electron chi connectivity index (χ1n) is 17.1. The summed E-state index contributed by atoms with van der Waals surface area (Å²) >= 11 is 0. The van der Waals surface area contributed by atoms with Gasteiger partial charge < -0.3 is 14.6 Å². The number of carbonyl (C=O) groups excluding carboxylic acids is 1. The molecule has 5 aromatic rings. The van der Waals surface area contributed by atoms with E-state index in [1.54, 1.807) is 60.7 Å². The third-order valence-electron chi connectivity index (χ3n) is 8.88. The molecule has 5 aromatic carbocycles. The molecule has 6 rings (SSSR count). The van der Waals surface area contributed by atoms with Gasteiger partial charge in [-0.2, -0.15) is 0 Å². The van der Waals surface area contributed by atoms with Crippen LogP contribution in [0.5, 0.6) is 5.75 Å². The smallest absolute Gasteiger partial charge is 0.266 e. The molecule has 268 valence electrons. The SMILES string of the molecule is O=C(NNCCc1ccccc1F)[C@@]1(CCS(=O)(=O)c2ccccc2)N=C(c2ccc(OCCCO)cc2)O[C@H]1c1ccc(-c2ccccc2)cc1. The molecule has 0 unspecified atom stereocenters. The number of benzene rings is 5. The molecule has 0 aromatic heterocycles. The fraction of sp³-hybridized carbons (Fsp3) is 0.220. The second-order valence-corrected chi connectivity index (χ2v) is 14.5. The van der Waals surface area contributed by atoms with E-state index in [4.69, 9.17) is 19.6 Å². The standard InChI is InChI=1S/C41H40FN3O6S/c42-37-15-8-7-12-32(37)24-26-43-45-40(47)41(25-29-52(48,49)36-13-5-2-6-14-36)38(33-18-16-31(17-19-33)30-10-3-1-4-11-30)51-39(44-41)34-20-22-35(23-21-34)50-28-9-27-46/h1-8,10-23,38,43,46H,9,24-29H2,(H,45,47)/t38-,41-/m0/s1. The van der Waals surface area contributed by atoms with Gasteiger partial charge in [-0.15, -0.1) is 0 Å². The van der Waals surface area contributed by atoms with E-state index in [2.05, 4.69) is 10.9 Å². The number of aliphatic hydroxyl groups is 1. The number of aliphatic imine (C=N–C) groups is 1. The first kappa shape index (κ1) is 36.4. The van der Waals surface area contributed by atoms with E-state index >= 15 is 0 Å². The zero-order valence-electron chi connectivity index (χ0n) is 28.5. The van der Waals surface area contributed by atoms with Gasteiger partial charge in [-0.25, -0.2) is 23.2 Å². The van der Waals surface area contributed by atoms with Crippen molar-refractivity contribution in [2.45, 2.75) is 35.8 Å². The van der Waals surface area contributed by atoms with Crippen LogP contribution in [0, 0.1) is 5.82 Å². The number of ether oxygens (including phenoxy) is 2. The number of hydrogen-bond donors (Lipinski definition) is 3. The van der Waals surface area contributed by atoms with E-state index in [0.717, 1.165) is 11.1 Å². The number of nitrogens with zero attached hydrogens (tertiary/aromatic N) is 1. The highest BCUT2D eigenvalue weighted by molar-refractivity contribution is 7.91. The number of carbonyl (C=O) groups is 1. The molecule has 1 amide bonds. The second-order valence-electron chi connectivity index (χ2n) is 12.4. The Hall–Kier alpha value is -5.36. The van der Waals surface area contributed by atoms with Gasteiger partial charge in [0.1, 0.15) is 11.6 Å². The zero-order valence-corrected chi connectivity index (χ0v) is 29.3. The maximum absolute atomic E-state index is 14.5. The van der Waals surface area contributed by atoms with Gasteiger partial charge in [-0.1, -0.05) is 91.0 Å². The van der Waals surface area contributed by atoms with Gasteiger partial charge in [0.2, 0.25) is 5.90 Å². The third-order valence-corrected chi connectivity index (χ3v) is 10.6. The van der Waals surface area contributed by atoms with Crippen molar-refractivity contribution in [1.29, 1.82) is 0 Å². The number of sulfone groups is 1. The molecule has 0 saturated heterocycles. The summed E-state index contributed by atoms with van der Waals surface area (Å²) < 4.78 is 53.8. The average Bonchev–Trinajstić information content (AvgIpc) is 3.58. The summed E-state index contributed by atoms with van der Waals surface area (Å²) in [4.78, 5) is 19.5. The molecule has 0 fully saturated rings. The van der Waals surface area contributed by atoms with Crippen molar-refractivity contribution in [3.8, 4) is 16.9 Å². The maximum Gasteiger partial charge on any atom is 0.266 e. The summed E-state index contributed by atoms with van der Waals surface area (Å²) in [5, 5.41) is 9.11. The number of hydrogen-bond acceptors (Lipinski definition) is 8. The highest BCUT2D eigenvalue weighted by Crippen LogP contribution is 2.43. The zero-order chi connectivity index (χ0) is 36.4. The number of hydrazine groups is 1. The van der Waals surface area contributed by atoms with Crippen molar-refractivity contribution in [2.75, 3.05) is 25.5 Å². The van der Waals surface area contributed by atoms with E-state index in [1.165, 1.54) is 18.2 Å². The van der Waals surface area contributed by atoms with Crippen molar-refractivity contribution < 1.29 is 32.2 Å². The Balaban J connectivity index is 1.35. The largest absolute Gasteiger partial charge is 0.494 e. The summed E-state index contributed by atoms with van der Waals surface area (Å²) in [5.41, 5.74) is 7.56. The predicted molar refractivity (Wildman–Crippen MR) is 198 cm³/mol. The van der Waals surface area contributed by atoms with Crippen molar-refractivity contribution in [2.24, 2.45) is 4.99 Å². The second kappa shape index (κ2) is 16.8. The lowest BCUT2D eigenvalue weighted by Crippen LogP contribution is -2.53. The van der Waals surface area contributed by atoms with E-state index in [0.29, 0.717) is 41.9 Å². The van der Waals surface area contributed by atoms with Crippen molar-refractivity contribution in [3.05, 3.63) is 156 Å². The van der Waals surface area contributed by atoms with E-state index in [-0.39, 0.29) is 36.2 Å². The molecule has 11 heteroatoms. The predicted octanol–water partition coefficient (Wildman–Crippen LogP) is 6.24. The maximum atomic E-state index is 14.5. The van der Waals surface area contributed by atoms with Crippen LogP contribution in [-0.2, 0) is 25.8 Å². The van der Waals surface area contributed by atoms with Gasteiger partial charge in [0.15, 0.2) is 21.5 Å². The summed E-state index contributed by atoms with van der Waals surface area (Å²) in [6.07, 6.45) is -0.431. The quantitative estimate of drug-likeness (QED) is 0.0814. The van der Waals surface area contributed by atoms with Crippen LogP contribution in [0.4, 0.5) is 4.39 Å². The molecule has 1 aliphatic rings. The number of amides is 1. The molecular weight excluding hydrogens is 682 g/mol. The lowest BCUT2D eigenvalue weighted by atomic mass is 9.84. The van der Waals surface area contributed by atoms with E-state index < -0.39 is 33.1 Å². The van der Waals surface area contributed by atoms with Crippen LogP contribution in [0.2, 0.25) is 0 Å². The van der Waals surface area contributed by atoms with E-state index in [9.17, 15) is 17.6 Å². The Bertz CT molecular complexity index is 2080. The first-order chi connectivity index (χ1) is 25.3. The van der Waals surface area contributed by atoms with Gasteiger partial charge in [-0.3, -0.25) is 10.2 Å². The van der Waals surface area contributed by atoms with Crippen molar-refractivity contribution in [1.82, 2.24) is 10.9 Å². The summed E-state index contributed by atoms with van der Waals surface area (Å²) in [5.74, 6) is -0.588. The Morgan fingerprint density at radius 2 is 1.46 bits per heavy atom.